The predicted molar refractivity (Wildman–Crippen MR) is 107 cm³/mol. The number of ether oxygens (including phenoxy) is 1. The van der Waals surface area contributed by atoms with Crippen LogP contribution in [0.4, 0.5) is 0 Å². The third kappa shape index (κ3) is 3.52. The van der Waals surface area contributed by atoms with Crippen LogP contribution in [0.5, 0.6) is 17.2 Å². The van der Waals surface area contributed by atoms with Gasteiger partial charge in [0.2, 0.25) is 0 Å². The highest BCUT2D eigenvalue weighted by molar-refractivity contribution is 5.94. The Kier molecular flexibility index (Phi) is 5.71. The second-order valence-corrected chi connectivity index (χ2v) is 6.97. The summed E-state index contributed by atoms with van der Waals surface area (Å²) in [6, 6.07) is 11.2. The average Bonchev–Trinajstić information content (AvgIpc) is 2.67. The van der Waals surface area contributed by atoms with E-state index in [9.17, 15) is 9.90 Å². The number of phenols is 1. The molecule has 2 aromatic rings. The summed E-state index contributed by atoms with van der Waals surface area (Å²) in [6.45, 7) is 4.48. The summed E-state index contributed by atoms with van der Waals surface area (Å²) < 4.78 is 6.05. The van der Waals surface area contributed by atoms with Crippen LogP contribution in [0.3, 0.4) is 0 Å². The fraction of sp³-hybridized carbons (Fsp3) is 0.409. The maximum absolute atomic E-state index is 12.2. The number of aromatic hydroxyl groups is 1. The maximum atomic E-state index is 12.2. The van der Waals surface area contributed by atoms with Crippen LogP contribution in [0.2, 0.25) is 0 Å². The second kappa shape index (κ2) is 8.01. The van der Waals surface area contributed by atoms with Crippen molar-refractivity contribution >= 4 is 5.91 Å². The van der Waals surface area contributed by atoms with Crippen LogP contribution in [0.25, 0.3) is 0 Å². The zero-order valence-electron chi connectivity index (χ0n) is 14.9. The molecular formula is C22H28N2O3. The molecule has 2 aliphatic heterocycles. The molecule has 1 unspecified atom stereocenters. The molecule has 4 rings (SSSR count). The van der Waals surface area contributed by atoms with Crippen molar-refractivity contribution in [2.24, 2.45) is 5.92 Å². The van der Waals surface area contributed by atoms with E-state index in [1.165, 1.54) is 0 Å². The van der Waals surface area contributed by atoms with Crippen molar-refractivity contribution in [2.45, 2.75) is 33.1 Å². The van der Waals surface area contributed by atoms with Crippen LogP contribution < -0.4 is 15.4 Å². The number of phenolic OH excluding ortho intramolecular Hbond substituents is 1. The highest BCUT2D eigenvalue weighted by atomic mass is 16.5. The first-order valence-electron chi connectivity index (χ1n) is 9.31. The van der Waals surface area contributed by atoms with E-state index in [2.05, 4.69) is 10.6 Å². The number of piperidine rings is 1. The minimum atomic E-state index is -0.111. The van der Waals surface area contributed by atoms with Crippen molar-refractivity contribution in [1.82, 2.24) is 10.6 Å². The lowest BCUT2D eigenvalue weighted by Gasteiger charge is -2.36. The Morgan fingerprint density at radius 1 is 1.22 bits per heavy atom. The molecule has 1 amide bonds. The van der Waals surface area contributed by atoms with Gasteiger partial charge in [-0.1, -0.05) is 25.6 Å². The Morgan fingerprint density at radius 2 is 2.00 bits per heavy atom. The molecule has 1 atom stereocenters. The van der Waals surface area contributed by atoms with Gasteiger partial charge in [-0.3, -0.25) is 4.79 Å². The largest absolute Gasteiger partial charge is 0.504 e. The fourth-order valence-corrected chi connectivity index (χ4v) is 4.14. The summed E-state index contributed by atoms with van der Waals surface area (Å²) in [5, 5.41) is 16.6. The van der Waals surface area contributed by atoms with E-state index in [4.69, 9.17) is 4.74 Å². The lowest BCUT2D eigenvalue weighted by Crippen LogP contribution is -2.32. The number of fused-ring (bicyclic) bond motifs is 2. The van der Waals surface area contributed by atoms with Gasteiger partial charge in [0.05, 0.1) is 0 Å². The summed E-state index contributed by atoms with van der Waals surface area (Å²) in [7, 11) is 0. The molecule has 1 fully saturated rings. The maximum Gasteiger partial charge on any atom is 0.251 e. The zero-order valence-corrected chi connectivity index (χ0v) is 14.9. The van der Waals surface area contributed by atoms with Crippen molar-refractivity contribution < 1.29 is 14.6 Å². The Morgan fingerprint density at radius 3 is 2.74 bits per heavy atom. The minimum absolute atomic E-state index is 0. The van der Waals surface area contributed by atoms with Crippen LogP contribution in [0.15, 0.2) is 36.4 Å². The van der Waals surface area contributed by atoms with Crippen molar-refractivity contribution in [3.8, 4) is 17.2 Å². The third-order valence-corrected chi connectivity index (χ3v) is 5.38. The van der Waals surface area contributed by atoms with Gasteiger partial charge in [0, 0.05) is 29.2 Å². The number of amides is 1. The number of carbonyl (C=O) groups excluding carboxylic acids is 1. The van der Waals surface area contributed by atoms with Gasteiger partial charge in [-0.25, -0.2) is 0 Å². The molecule has 27 heavy (non-hydrogen) atoms. The molecule has 5 heteroatoms. The number of nitrogens with one attached hydrogen (secondary N) is 2. The monoisotopic (exact) mass is 368 g/mol. The molecule has 2 aromatic carbocycles. The van der Waals surface area contributed by atoms with Crippen molar-refractivity contribution in [3.05, 3.63) is 53.1 Å². The highest BCUT2D eigenvalue weighted by Gasteiger charge is 2.35. The van der Waals surface area contributed by atoms with Crippen LogP contribution in [-0.2, 0) is 0 Å². The van der Waals surface area contributed by atoms with Crippen LogP contribution in [0, 0.1) is 5.92 Å². The molecule has 3 N–H and O–H groups in total. The molecule has 0 saturated carbocycles. The van der Waals surface area contributed by atoms with E-state index in [-0.39, 0.29) is 25.0 Å². The van der Waals surface area contributed by atoms with E-state index >= 15 is 0 Å². The standard InChI is InChI=1S/C21H24N2O3.CH4/c1-2-23-21(25)14-6-7-15-18(12-14)26-20-16(4-3-5-17(20)24)19(15)13-8-10-22-11-9-13;/h3-7,12-13,19,22,24H,2,8-11H2,1H3,(H,23,25);1H4. The second-order valence-electron chi connectivity index (χ2n) is 6.97. The van der Waals surface area contributed by atoms with Gasteiger partial charge in [0.1, 0.15) is 5.75 Å². The molecule has 5 nitrogen and oxygen atoms in total. The zero-order chi connectivity index (χ0) is 18.1. The Balaban J connectivity index is 0.00000210. The number of para-hydroxylation sites is 1. The number of rotatable bonds is 3. The van der Waals surface area contributed by atoms with Gasteiger partial charge in [-0.2, -0.15) is 0 Å². The lowest BCUT2D eigenvalue weighted by molar-refractivity contribution is 0.0955. The molecule has 0 aromatic heterocycles. The molecule has 0 radical (unpaired) electrons. The quantitative estimate of drug-likeness (QED) is 0.765. The number of hydrogen-bond acceptors (Lipinski definition) is 4. The lowest BCUT2D eigenvalue weighted by atomic mass is 9.74. The fourth-order valence-electron chi connectivity index (χ4n) is 4.14. The number of carbonyl (C=O) groups is 1. The van der Waals surface area contributed by atoms with Gasteiger partial charge in [0.15, 0.2) is 11.5 Å². The van der Waals surface area contributed by atoms with Gasteiger partial charge in [0.25, 0.3) is 5.91 Å². The molecule has 1 saturated heterocycles. The van der Waals surface area contributed by atoms with Crippen molar-refractivity contribution in [3.63, 3.8) is 0 Å². The molecule has 0 spiro atoms. The summed E-state index contributed by atoms with van der Waals surface area (Å²) >= 11 is 0. The van der Waals surface area contributed by atoms with E-state index in [0.717, 1.165) is 37.1 Å². The van der Waals surface area contributed by atoms with Gasteiger partial charge in [-0.05, 0) is 57.0 Å². The van der Waals surface area contributed by atoms with Crippen LogP contribution in [0.1, 0.15) is 54.6 Å². The van der Waals surface area contributed by atoms with Gasteiger partial charge in [-0.15, -0.1) is 0 Å². The summed E-state index contributed by atoms with van der Waals surface area (Å²) in [5.41, 5.74) is 2.71. The van der Waals surface area contributed by atoms with Gasteiger partial charge >= 0.3 is 0 Å². The van der Waals surface area contributed by atoms with E-state index in [1.807, 2.05) is 31.2 Å². The molecular weight excluding hydrogens is 340 g/mol. The van der Waals surface area contributed by atoms with E-state index in [1.54, 1.807) is 12.1 Å². The first-order chi connectivity index (χ1) is 12.7. The smallest absolute Gasteiger partial charge is 0.251 e. The van der Waals surface area contributed by atoms with Crippen molar-refractivity contribution in [2.75, 3.05) is 19.6 Å². The summed E-state index contributed by atoms with van der Waals surface area (Å²) in [6.07, 6.45) is 2.16. The van der Waals surface area contributed by atoms with E-state index < -0.39 is 0 Å². The molecule has 2 aliphatic rings. The van der Waals surface area contributed by atoms with E-state index in [0.29, 0.717) is 29.5 Å². The minimum Gasteiger partial charge on any atom is -0.504 e. The van der Waals surface area contributed by atoms with Crippen LogP contribution >= 0.6 is 0 Å². The Labute approximate surface area is 160 Å². The number of hydrogen-bond donors (Lipinski definition) is 3. The summed E-state index contributed by atoms with van der Waals surface area (Å²) in [5.74, 6) is 1.89. The Hall–Kier alpha value is -2.53. The van der Waals surface area contributed by atoms with Gasteiger partial charge < -0.3 is 20.5 Å². The average molecular weight is 368 g/mol. The molecule has 144 valence electrons. The molecule has 0 bridgehead atoms. The first-order valence-corrected chi connectivity index (χ1v) is 9.31. The topological polar surface area (TPSA) is 70.6 Å². The summed E-state index contributed by atoms with van der Waals surface area (Å²) in [4.78, 5) is 12.2. The SMILES string of the molecule is C.CCNC(=O)c1ccc2c(c1)Oc1c(O)cccc1C2C1CCNCC1. The normalized spacial score (nSPS) is 18.5. The number of benzene rings is 2. The Bertz CT molecular complexity index is 828. The van der Waals surface area contributed by atoms with Crippen LogP contribution in [-0.4, -0.2) is 30.6 Å². The predicted octanol–water partition coefficient (Wildman–Crippen LogP) is 4.02. The third-order valence-electron chi connectivity index (χ3n) is 5.38. The molecule has 0 aliphatic carbocycles. The highest BCUT2D eigenvalue weighted by Crippen LogP contribution is 2.52. The molecule has 2 heterocycles. The first kappa shape index (κ1) is 19.2. The van der Waals surface area contributed by atoms with Crippen molar-refractivity contribution in [1.29, 1.82) is 0 Å².